The number of H-pyrrole nitrogens is 1. The number of hydrogen-bond donors (Lipinski definition) is 2. The smallest absolute Gasteiger partial charge is 0.128 e. The van der Waals surface area contributed by atoms with E-state index in [1.165, 1.54) is 11.1 Å². The van der Waals surface area contributed by atoms with Crippen molar-refractivity contribution in [3.05, 3.63) is 71.9 Å². The van der Waals surface area contributed by atoms with Gasteiger partial charge < -0.3 is 19.7 Å². The Bertz CT molecular complexity index is 999. The molecule has 1 saturated heterocycles. The maximum atomic E-state index is 10.5. The molecule has 2 aromatic carbocycles. The normalized spacial score (nSPS) is 19.2. The Labute approximate surface area is 165 Å². The van der Waals surface area contributed by atoms with E-state index in [0.717, 1.165) is 42.6 Å². The SMILES string of the molecule is O[C@H](COc1cccc2[nH]ccc12)CN1CCC2(C=Cc3ccccc32)CC1. The standard InChI is InChI=1S/C24H26N2O2/c27-19(17-28-23-7-3-6-22-20(23)9-13-25-22)16-26-14-11-24(12-15-26)10-8-18-4-1-2-5-21(18)24/h1-10,13,19,25,27H,11-12,14-17H2/t19-/m0/s1. The fourth-order valence-corrected chi connectivity index (χ4v) is 4.72. The minimum Gasteiger partial charge on any atom is -0.490 e. The van der Waals surface area contributed by atoms with Gasteiger partial charge in [-0.15, -0.1) is 0 Å². The molecule has 2 heterocycles. The van der Waals surface area contributed by atoms with Gasteiger partial charge in [-0.1, -0.05) is 42.5 Å². The molecule has 5 rings (SSSR count). The molecule has 2 N–H and O–H groups in total. The average molecular weight is 374 g/mol. The number of fused-ring (bicyclic) bond motifs is 3. The largest absolute Gasteiger partial charge is 0.490 e. The van der Waals surface area contributed by atoms with E-state index < -0.39 is 6.10 Å². The number of allylic oxidation sites excluding steroid dienone is 1. The van der Waals surface area contributed by atoms with Gasteiger partial charge in [-0.25, -0.2) is 0 Å². The molecule has 1 aliphatic heterocycles. The highest BCUT2D eigenvalue weighted by atomic mass is 16.5. The number of likely N-dealkylation sites (tertiary alicyclic amines) is 1. The first kappa shape index (κ1) is 17.5. The summed E-state index contributed by atoms with van der Waals surface area (Å²) >= 11 is 0. The highest BCUT2D eigenvalue weighted by Gasteiger charge is 2.37. The second-order valence-electron chi connectivity index (χ2n) is 8.04. The fraction of sp³-hybridized carbons (Fsp3) is 0.333. The zero-order chi connectivity index (χ0) is 19.0. The number of aliphatic hydroxyl groups excluding tert-OH is 1. The molecule has 0 bridgehead atoms. The first-order valence-electron chi connectivity index (χ1n) is 10.1. The van der Waals surface area contributed by atoms with Gasteiger partial charge in [0.1, 0.15) is 18.5 Å². The summed E-state index contributed by atoms with van der Waals surface area (Å²) < 4.78 is 5.91. The van der Waals surface area contributed by atoms with Crippen LogP contribution in [0.3, 0.4) is 0 Å². The zero-order valence-electron chi connectivity index (χ0n) is 16.0. The molecule has 0 unspecified atom stereocenters. The third kappa shape index (κ3) is 3.13. The quantitative estimate of drug-likeness (QED) is 0.710. The highest BCUT2D eigenvalue weighted by molar-refractivity contribution is 5.85. The molecule has 1 fully saturated rings. The molecule has 0 radical (unpaired) electrons. The van der Waals surface area contributed by atoms with Gasteiger partial charge in [-0.05, 0) is 55.3 Å². The van der Waals surface area contributed by atoms with Gasteiger partial charge in [-0.3, -0.25) is 0 Å². The average Bonchev–Trinajstić information content (AvgIpc) is 3.34. The van der Waals surface area contributed by atoms with Crippen LogP contribution in [0.4, 0.5) is 0 Å². The summed E-state index contributed by atoms with van der Waals surface area (Å²) in [6.45, 7) is 2.98. The molecule has 0 saturated carbocycles. The number of aromatic nitrogens is 1. The topological polar surface area (TPSA) is 48.5 Å². The van der Waals surface area contributed by atoms with Crippen LogP contribution < -0.4 is 4.74 Å². The van der Waals surface area contributed by atoms with Crippen molar-refractivity contribution in [2.75, 3.05) is 26.2 Å². The van der Waals surface area contributed by atoms with Crippen molar-refractivity contribution >= 4 is 17.0 Å². The lowest BCUT2D eigenvalue weighted by Gasteiger charge is -2.39. The van der Waals surface area contributed by atoms with Crippen LogP contribution >= 0.6 is 0 Å². The molecular formula is C24H26N2O2. The van der Waals surface area contributed by atoms with Crippen molar-refractivity contribution in [3.63, 3.8) is 0 Å². The van der Waals surface area contributed by atoms with Crippen molar-refractivity contribution in [3.8, 4) is 5.75 Å². The van der Waals surface area contributed by atoms with Crippen LogP contribution in [0.1, 0.15) is 24.0 Å². The lowest BCUT2D eigenvalue weighted by Crippen LogP contribution is -2.45. The van der Waals surface area contributed by atoms with E-state index in [2.05, 4.69) is 46.3 Å². The number of rotatable bonds is 5. The Morgan fingerprint density at radius 1 is 1.07 bits per heavy atom. The van der Waals surface area contributed by atoms with Crippen LogP contribution in [0.5, 0.6) is 5.75 Å². The molecule has 0 amide bonds. The summed E-state index contributed by atoms with van der Waals surface area (Å²) in [7, 11) is 0. The molecule has 2 aliphatic rings. The Morgan fingerprint density at radius 3 is 2.82 bits per heavy atom. The number of nitrogens with one attached hydrogen (secondary N) is 1. The van der Waals surface area contributed by atoms with Crippen LogP contribution in [0.15, 0.2) is 60.8 Å². The second kappa shape index (κ2) is 7.12. The highest BCUT2D eigenvalue weighted by Crippen LogP contribution is 2.43. The predicted molar refractivity (Wildman–Crippen MR) is 113 cm³/mol. The summed E-state index contributed by atoms with van der Waals surface area (Å²) in [4.78, 5) is 5.55. The molecule has 1 aromatic heterocycles. The van der Waals surface area contributed by atoms with E-state index in [0.29, 0.717) is 13.2 Å². The fourth-order valence-electron chi connectivity index (χ4n) is 4.72. The molecule has 3 aromatic rings. The van der Waals surface area contributed by atoms with Crippen LogP contribution in [0.25, 0.3) is 17.0 Å². The van der Waals surface area contributed by atoms with Crippen LogP contribution in [0.2, 0.25) is 0 Å². The lowest BCUT2D eigenvalue weighted by molar-refractivity contribution is 0.0554. The number of benzene rings is 2. The first-order chi connectivity index (χ1) is 13.7. The predicted octanol–water partition coefficient (Wildman–Crippen LogP) is 3.97. The van der Waals surface area contributed by atoms with Crippen LogP contribution in [-0.2, 0) is 5.41 Å². The molecule has 1 atom stereocenters. The number of aromatic amines is 1. The summed E-state index contributed by atoms with van der Waals surface area (Å²) in [5, 5.41) is 11.6. The number of piperidine rings is 1. The zero-order valence-corrected chi connectivity index (χ0v) is 16.0. The van der Waals surface area contributed by atoms with Gasteiger partial charge in [0, 0.05) is 29.1 Å². The van der Waals surface area contributed by atoms with E-state index in [9.17, 15) is 5.11 Å². The Hall–Kier alpha value is -2.56. The maximum Gasteiger partial charge on any atom is 0.128 e. The van der Waals surface area contributed by atoms with Gasteiger partial charge in [0.25, 0.3) is 0 Å². The third-order valence-electron chi connectivity index (χ3n) is 6.28. The summed E-state index contributed by atoms with van der Waals surface area (Å²) in [6.07, 6.45) is 8.30. The lowest BCUT2D eigenvalue weighted by atomic mass is 9.74. The van der Waals surface area contributed by atoms with Crippen LogP contribution in [0, 0.1) is 0 Å². The molecule has 1 aliphatic carbocycles. The Morgan fingerprint density at radius 2 is 1.93 bits per heavy atom. The number of hydrogen-bond acceptors (Lipinski definition) is 3. The second-order valence-corrected chi connectivity index (χ2v) is 8.04. The minimum absolute atomic E-state index is 0.193. The summed E-state index contributed by atoms with van der Waals surface area (Å²) in [5.41, 5.74) is 4.08. The first-order valence-corrected chi connectivity index (χ1v) is 10.1. The number of aliphatic hydroxyl groups is 1. The van der Waals surface area contributed by atoms with E-state index in [1.807, 2.05) is 30.5 Å². The third-order valence-corrected chi connectivity index (χ3v) is 6.28. The van der Waals surface area contributed by atoms with Gasteiger partial charge in [0.2, 0.25) is 0 Å². The summed E-state index contributed by atoms with van der Waals surface area (Å²) in [5.74, 6) is 0.822. The van der Waals surface area contributed by atoms with Gasteiger partial charge in [0.15, 0.2) is 0 Å². The molecule has 144 valence electrons. The minimum atomic E-state index is -0.491. The monoisotopic (exact) mass is 374 g/mol. The Balaban J connectivity index is 1.16. The van der Waals surface area contributed by atoms with E-state index >= 15 is 0 Å². The van der Waals surface area contributed by atoms with Gasteiger partial charge >= 0.3 is 0 Å². The summed E-state index contributed by atoms with van der Waals surface area (Å²) in [6, 6.07) is 16.7. The van der Waals surface area contributed by atoms with E-state index in [4.69, 9.17) is 4.74 Å². The van der Waals surface area contributed by atoms with E-state index in [1.54, 1.807) is 0 Å². The van der Waals surface area contributed by atoms with Gasteiger partial charge in [-0.2, -0.15) is 0 Å². The van der Waals surface area contributed by atoms with Crippen molar-refractivity contribution in [1.29, 1.82) is 0 Å². The maximum absolute atomic E-state index is 10.5. The molecule has 28 heavy (non-hydrogen) atoms. The molecule has 4 heteroatoms. The van der Waals surface area contributed by atoms with E-state index in [-0.39, 0.29) is 5.41 Å². The molecule has 1 spiro atoms. The molecular weight excluding hydrogens is 348 g/mol. The van der Waals surface area contributed by atoms with Crippen molar-refractivity contribution in [1.82, 2.24) is 9.88 Å². The van der Waals surface area contributed by atoms with Crippen LogP contribution in [-0.4, -0.2) is 47.3 Å². The Kier molecular flexibility index (Phi) is 4.46. The van der Waals surface area contributed by atoms with Gasteiger partial charge in [0.05, 0.1) is 0 Å². The number of nitrogens with zero attached hydrogens (tertiary/aromatic N) is 1. The van der Waals surface area contributed by atoms with Crippen molar-refractivity contribution in [2.45, 2.75) is 24.4 Å². The van der Waals surface area contributed by atoms with Crippen molar-refractivity contribution < 1.29 is 9.84 Å². The number of β-amino-alcohol motifs (C(OH)–C–C–N with tert-alkyl or cyclic N) is 1. The number of ether oxygens (including phenoxy) is 1. The molecule has 4 nitrogen and oxygen atoms in total. The van der Waals surface area contributed by atoms with Crippen molar-refractivity contribution in [2.24, 2.45) is 0 Å².